The van der Waals surface area contributed by atoms with Gasteiger partial charge in [-0.1, -0.05) is 0 Å². The summed E-state index contributed by atoms with van der Waals surface area (Å²) in [5.41, 5.74) is 3.03. The summed E-state index contributed by atoms with van der Waals surface area (Å²) < 4.78 is 4.19. The van der Waals surface area contributed by atoms with Gasteiger partial charge in [0.05, 0.1) is 0 Å². The fourth-order valence-corrected chi connectivity index (χ4v) is 4.88. The molecular weight excluding hydrogens is 366 g/mol. The van der Waals surface area contributed by atoms with E-state index in [0.29, 0.717) is 0 Å². The van der Waals surface area contributed by atoms with E-state index in [-0.39, 0.29) is 0 Å². The van der Waals surface area contributed by atoms with Crippen LogP contribution in [0.15, 0.2) is 37.2 Å². The minimum atomic E-state index is -2.03. The third-order valence-corrected chi connectivity index (χ3v) is 6.19. The topological polar surface area (TPSA) is 53.5 Å². The van der Waals surface area contributed by atoms with Crippen LogP contribution in [-0.2, 0) is 16.8 Å². The zero-order chi connectivity index (χ0) is 15.9. The molecule has 3 aromatic heterocycles. The first kappa shape index (κ1) is 15.6. The van der Waals surface area contributed by atoms with Gasteiger partial charge in [0.15, 0.2) is 0 Å². The Morgan fingerprint density at radius 3 is 1.27 bits per heavy atom. The van der Waals surface area contributed by atoms with Crippen molar-refractivity contribution >= 4 is 20.2 Å². The number of hydrogen-bond acceptors (Lipinski definition) is 3. The number of halogens is 2. The van der Waals surface area contributed by atoms with E-state index < -0.39 is 16.8 Å². The van der Waals surface area contributed by atoms with Crippen LogP contribution in [0.25, 0.3) is 0 Å². The maximum absolute atomic E-state index is 6.52. The van der Waals surface area contributed by atoms with Gasteiger partial charge in [-0.15, -0.1) is 0 Å². The first-order valence-electron chi connectivity index (χ1n) is 6.53. The molecule has 0 spiro atoms. The van der Waals surface area contributed by atoms with E-state index in [1.54, 1.807) is 32.6 Å². The summed E-state index contributed by atoms with van der Waals surface area (Å²) in [5.74, 6) is 0. The molecule has 0 unspecified atom stereocenters. The first-order chi connectivity index (χ1) is 10.4. The minimum absolute atomic E-state index is 1.01. The van der Waals surface area contributed by atoms with Crippen LogP contribution in [0.3, 0.4) is 0 Å². The average molecular weight is 381 g/mol. The zero-order valence-corrected chi connectivity index (χ0v) is 15.0. The van der Waals surface area contributed by atoms with Crippen LogP contribution in [0, 0.1) is 20.8 Å². The van der Waals surface area contributed by atoms with Crippen molar-refractivity contribution in [3.63, 3.8) is 0 Å². The molecule has 0 aliphatic carbocycles. The molecular formula is C13H15Cl2MnN6. The van der Waals surface area contributed by atoms with Crippen molar-refractivity contribution in [3.8, 4) is 0 Å². The summed E-state index contributed by atoms with van der Waals surface area (Å²) >= 11 is -2.03. The molecule has 3 heterocycles. The Hall–Kier alpha value is -1.27. The summed E-state index contributed by atoms with van der Waals surface area (Å²) in [7, 11) is 13.0. The van der Waals surface area contributed by atoms with E-state index in [4.69, 9.17) is 20.2 Å². The number of hydrogen-bond donors (Lipinski definition) is 0. The van der Waals surface area contributed by atoms with Crippen LogP contribution in [0.2, 0.25) is 0 Å². The van der Waals surface area contributed by atoms with Gasteiger partial charge in [0.25, 0.3) is 0 Å². The summed E-state index contributed by atoms with van der Waals surface area (Å²) in [5, 5.41) is 13.3. The monoisotopic (exact) mass is 380 g/mol. The molecule has 3 aromatic rings. The summed E-state index contributed by atoms with van der Waals surface area (Å²) in [4.78, 5) is 0. The van der Waals surface area contributed by atoms with E-state index >= 15 is 0 Å². The Morgan fingerprint density at radius 1 is 0.773 bits per heavy atom. The zero-order valence-electron chi connectivity index (χ0n) is 12.3. The molecule has 0 atom stereocenters. The fraction of sp³-hybridized carbons (Fsp3) is 0.308. The Balaban J connectivity index is 2.32. The summed E-state index contributed by atoms with van der Waals surface area (Å²) in [6, 6.07) is 0. The normalized spacial score (nSPS) is 12.7. The molecule has 6 nitrogen and oxygen atoms in total. The van der Waals surface area contributed by atoms with Crippen molar-refractivity contribution in [1.82, 2.24) is 29.3 Å². The molecule has 22 heavy (non-hydrogen) atoms. The average Bonchev–Trinajstić information content (AvgIpc) is 3.15. The molecule has 0 aliphatic heterocycles. The van der Waals surface area contributed by atoms with Crippen LogP contribution >= 0.6 is 20.2 Å². The van der Waals surface area contributed by atoms with E-state index in [2.05, 4.69) is 15.3 Å². The van der Waals surface area contributed by atoms with E-state index in [9.17, 15) is 0 Å². The molecule has 0 aliphatic rings. The van der Waals surface area contributed by atoms with Crippen molar-refractivity contribution in [2.75, 3.05) is 0 Å². The molecule has 3 rings (SSSR count). The molecule has 0 radical (unpaired) electrons. The van der Waals surface area contributed by atoms with E-state index in [1.807, 2.05) is 39.4 Å². The number of rotatable bonds is 4. The van der Waals surface area contributed by atoms with Crippen LogP contribution in [0.1, 0.15) is 16.7 Å². The first-order valence-corrected chi connectivity index (χ1v) is 10.4. The van der Waals surface area contributed by atoms with Gasteiger partial charge in [-0.25, -0.2) is 0 Å². The van der Waals surface area contributed by atoms with Crippen LogP contribution in [0.5, 0.6) is 0 Å². The quantitative estimate of drug-likeness (QED) is 0.654. The number of aromatic nitrogens is 6. The van der Waals surface area contributed by atoms with Gasteiger partial charge in [0.2, 0.25) is 0 Å². The molecule has 0 N–H and O–H groups in total. The molecule has 0 fully saturated rings. The Bertz CT molecular complexity index is 691. The second kappa shape index (κ2) is 5.74. The second-order valence-corrected chi connectivity index (χ2v) is 9.50. The Labute approximate surface area is 141 Å². The molecule has 0 saturated carbocycles. The predicted molar refractivity (Wildman–Crippen MR) is 81.4 cm³/mol. The van der Waals surface area contributed by atoms with Crippen molar-refractivity contribution < 1.29 is 12.1 Å². The van der Waals surface area contributed by atoms with Crippen molar-refractivity contribution in [2.45, 2.75) is 25.5 Å². The standard InChI is InChI=1S/C13H15N6.2ClH.Mn/c1-10-4-14-17(7-10)13(18-8-11(2)5-15-18)19-9-12(3)6-16-19;;;/h4-9H,1-3H3;2*1H;/q;;;+2/p-2. The molecule has 0 bridgehead atoms. The maximum atomic E-state index is 6.52. The molecule has 0 aromatic carbocycles. The van der Waals surface area contributed by atoms with Gasteiger partial charge in [-0.05, 0) is 0 Å². The van der Waals surface area contributed by atoms with Crippen LogP contribution in [-0.4, -0.2) is 29.3 Å². The second-order valence-electron chi connectivity index (χ2n) is 5.14. The van der Waals surface area contributed by atoms with Crippen molar-refractivity contribution in [3.05, 3.63) is 53.9 Å². The predicted octanol–water partition coefficient (Wildman–Crippen LogP) is 2.79. The van der Waals surface area contributed by atoms with E-state index in [0.717, 1.165) is 16.7 Å². The van der Waals surface area contributed by atoms with Crippen LogP contribution < -0.4 is 0 Å². The molecule has 118 valence electrons. The number of aryl methyl sites for hydroxylation is 3. The van der Waals surface area contributed by atoms with Gasteiger partial charge in [-0.3, -0.25) is 0 Å². The van der Waals surface area contributed by atoms with Gasteiger partial charge in [0.1, 0.15) is 0 Å². The van der Waals surface area contributed by atoms with E-state index in [1.165, 1.54) is 0 Å². The molecule has 0 amide bonds. The third kappa shape index (κ3) is 2.38. The van der Waals surface area contributed by atoms with Gasteiger partial charge < -0.3 is 0 Å². The van der Waals surface area contributed by atoms with Crippen LogP contribution in [0.4, 0.5) is 0 Å². The van der Waals surface area contributed by atoms with Crippen molar-refractivity contribution in [2.24, 2.45) is 0 Å². The number of nitrogens with zero attached hydrogens (tertiary/aromatic N) is 6. The SMILES string of the molecule is Cc1cnn([C](n2cc(C)cn2)(n2cc(C)cn2)[Mn]([Cl])[Cl])c1. The third-order valence-electron chi connectivity index (χ3n) is 3.20. The fourth-order valence-electron chi connectivity index (χ4n) is 2.22. The Morgan fingerprint density at radius 2 is 1.09 bits per heavy atom. The van der Waals surface area contributed by atoms with Gasteiger partial charge in [-0.2, -0.15) is 0 Å². The van der Waals surface area contributed by atoms with Crippen molar-refractivity contribution in [1.29, 1.82) is 0 Å². The summed E-state index contributed by atoms with van der Waals surface area (Å²) in [6.07, 6.45) is 11.0. The summed E-state index contributed by atoms with van der Waals surface area (Å²) in [6.45, 7) is 5.89. The molecule has 0 saturated heterocycles. The molecule has 9 heteroatoms. The Kier molecular flexibility index (Phi) is 4.07. The van der Waals surface area contributed by atoms with Gasteiger partial charge >= 0.3 is 141 Å². The van der Waals surface area contributed by atoms with Gasteiger partial charge in [0, 0.05) is 0 Å².